The fourth-order valence-corrected chi connectivity index (χ4v) is 1.40. The van der Waals surface area contributed by atoms with E-state index < -0.39 is 0 Å². The Morgan fingerprint density at radius 1 is 1.00 bits per heavy atom. The molecule has 0 heterocycles. The van der Waals surface area contributed by atoms with Gasteiger partial charge in [0.05, 0.1) is 18.5 Å². The van der Waals surface area contributed by atoms with Gasteiger partial charge in [-0.3, -0.25) is 0 Å². The minimum atomic E-state index is 0.700. The first kappa shape index (κ1) is 6.05. The van der Waals surface area contributed by atoms with E-state index in [9.17, 15) is 0 Å². The van der Waals surface area contributed by atoms with Gasteiger partial charge in [-0.25, -0.2) is 0 Å². The normalized spacial score (nSPS) is 39.8. The summed E-state index contributed by atoms with van der Waals surface area (Å²) in [6.07, 6.45) is 5.25. The lowest BCUT2D eigenvalue weighted by atomic mass is 9.92. The molecule has 0 aliphatic heterocycles. The summed E-state index contributed by atoms with van der Waals surface area (Å²) >= 11 is 0. The molecule has 6 N–H and O–H groups in total. The lowest BCUT2D eigenvalue weighted by Crippen LogP contribution is -2.70. The lowest BCUT2D eigenvalue weighted by molar-refractivity contribution is -0.475. The molecule has 0 spiro atoms. The number of quaternary nitrogens is 2. The van der Waals surface area contributed by atoms with E-state index in [4.69, 9.17) is 0 Å². The van der Waals surface area contributed by atoms with Crippen LogP contribution in [0.3, 0.4) is 0 Å². The molecule has 1 fully saturated rings. The monoisotopic (exact) mass is 116 g/mol. The Bertz CT molecular complexity index is 64.9. The number of hydrogen-bond donors (Lipinski definition) is 2. The fourth-order valence-electron chi connectivity index (χ4n) is 1.40. The predicted molar refractivity (Wildman–Crippen MR) is 31.8 cm³/mol. The van der Waals surface area contributed by atoms with Crippen LogP contribution in [0.1, 0.15) is 25.7 Å². The zero-order valence-corrected chi connectivity index (χ0v) is 5.40. The maximum absolute atomic E-state index is 4.01. The summed E-state index contributed by atoms with van der Waals surface area (Å²) in [7, 11) is 0. The largest absolute Gasteiger partial charge is 0.355 e. The van der Waals surface area contributed by atoms with Crippen molar-refractivity contribution >= 4 is 0 Å². The minimum Gasteiger partial charge on any atom is -0.355 e. The van der Waals surface area contributed by atoms with Gasteiger partial charge in [-0.1, -0.05) is 0 Å². The molecule has 8 heavy (non-hydrogen) atoms. The van der Waals surface area contributed by atoms with Crippen molar-refractivity contribution in [1.82, 2.24) is 0 Å². The molecule has 48 valence electrons. The maximum atomic E-state index is 4.01. The molecule has 1 rings (SSSR count). The molecule has 0 aromatic heterocycles. The van der Waals surface area contributed by atoms with Gasteiger partial charge in [-0.15, -0.1) is 0 Å². The zero-order chi connectivity index (χ0) is 5.98. The van der Waals surface area contributed by atoms with E-state index >= 15 is 0 Å². The van der Waals surface area contributed by atoms with Crippen molar-refractivity contribution in [3.05, 3.63) is 0 Å². The molecule has 0 saturated heterocycles. The van der Waals surface area contributed by atoms with Gasteiger partial charge in [0.1, 0.15) is 0 Å². The van der Waals surface area contributed by atoms with Gasteiger partial charge >= 0.3 is 0 Å². The average molecular weight is 116 g/mol. The molecule has 1 saturated carbocycles. The van der Waals surface area contributed by atoms with Crippen molar-refractivity contribution in [2.75, 3.05) is 0 Å². The van der Waals surface area contributed by atoms with Gasteiger partial charge in [0.2, 0.25) is 0 Å². The molecule has 0 bridgehead atoms. The standard InChI is InChI=1S/C6H14N2/c7-5-2-1-3-6(8)4-5/h5-6H,1-4,7-8H2/p+2/t5-,6-/m1/s1. The van der Waals surface area contributed by atoms with E-state index in [2.05, 4.69) is 11.5 Å². The predicted octanol–water partition coefficient (Wildman–Crippen LogP) is -1.22. The Labute approximate surface area is 50.2 Å². The summed E-state index contributed by atoms with van der Waals surface area (Å²) in [5, 5.41) is 0. The van der Waals surface area contributed by atoms with Crippen LogP contribution in [-0.4, -0.2) is 12.1 Å². The second-order valence-electron chi connectivity index (χ2n) is 2.90. The molecule has 2 heteroatoms. The maximum Gasteiger partial charge on any atom is 0.0900 e. The van der Waals surface area contributed by atoms with Crippen LogP contribution < -0.4 is 11.5 Å². The second-order valence-corrected chi connectivity index (χ2v) is 2.90. The highest BCUT2D eigenvalue weighted by Gasteiger charge is 2.19. The summed E-state index contributed by atoms with van der Waals surface area (Å²) in [5.41, 5.74) is 8.02. The second kappa shape index (κ2) is 2.46. The van der Waals surface area contributed by atoms with Crippen molar-refractivity contribution in [3.63, 3.8) is 0 Å². The van der Waals surface area contributed by atoms with Crippen molar-refractivity contribution in [2.45, 2.75) is 37.8 Å². The molecule has 2 atom stereocenters. The number of hydrogen-bond acceptors (Lipinski definition) is 0. The molecular formula is C6H16N2+2. The Morgan fingerprint density at radius 3 is 1.75 bits per heavy atom. The van der Waals surface area contributed by atoms with E-state index in [0.717, 1.165) is 0 Å². The smallest absolute Gasteiger partial charge is 0.0900 e. The Hall–Kier alpha value is -0.0800. The van der Waals surface area contributed by atoms with Crippen molar-refractivity contribution < 1.29 is 11.5 Å². The van der Waals surface area contributed by atoms with Gasteiger partial charge < -0.3 is 11.5 Å². The van der Waals surface area contributed by atoms with Crippen LogP contribution >= 0.6 is 0 Å². The van der Waals surface area contributed by atoms with Crippen LogP contribution in [0.15, 0.2) is 0 Å². The van der Waals surface area contributed by atoms with Crippen molar-refractivity contribution in [1.29, 1.82) is 0 Å². The van der Waals surface area contributed by atoms with E-state index in [1.165, 1.54) is 25.7 Å². The summed E-state index contributed by atoms with van der Waals surface area (Å²) < 4.78 is 0. The average Bonchev–Trinajstić information content (AvgIpc) is 1.64. The third-order valence-corrected chi connectivity index (χ3v) is 1.89. The molecule has 1 aliphatic carbocycles. The van der Waals surface area contributed by atoms with E-state index in [1.54, 1.807) is 0 Å². The summed E-state index contributed by atoms with van der Waals surface area (Å²) in [5.74, 6) is 0. The van der Waals surface area contributed by atoms with Crippen LogP contribution in [0, 0.1) is 0 Å². The molecular weight excluding hydrogens is 100 g/mol. The molecule has 0 amide bonds. The first-order valence-corrected chi connectivity index (χ1v) is 3.45. The van der Waals surface area contributed by atoms with Gasteiger partial charge in [0.15, 0.2) is 0 Å². The van der Waals surface area contributed by atoms with Gasteiger partial charge in [0.25, 0.3) is 0 Å². The van der Waals surface area contributed by atoms with E-state index in [-0.39, 0.29) is 0 Å². The molecule has 0 unspecified atom stereocenters. The Balaban J connectivity index is 2.23. The van der Waals surface area contributed by atoms with Crippen molar-refractivity contribution in [2.24, 2.45) is 0 Å². The van der Waals surface area contributed by atoms with E-state index in [1.807, 2.05) is 0 Å². The highest BCUT2D eigenvalue weighted by atomic mass is 14.7. The summed E-state index contributed by atoms with van der Waals surface area (Å²) in [6, 6.07) is 1.40. The third-order valence-electron chi connectivity index (χ3n) is 1.89. The quantitative estimate of drug-likeness (QED) is 0.399. The summed E-state index contributed by atoms with van der Waals surface area (Å²) in [4.78, 5) is 0. The van der Waals surface area contributed by atoms with Gasteiger partial charge in [0, 0.05) is 0 Å². The van der Waals surface area contributed by atoms with Gasteiger partial charge in [-0.05, 0) is 19.3 Å². The first-order valence-electron chi connectivity index (χ1n) is 3.45. The first-order chi connectivity index (χ1) is 3.79. The van der Waals surface area contributed by atoms with Crippen LogP contribution in [0.2, 0.25) is 0 Å². The topological polar surface area (TPSA) is 55.3 Å². The van der Waals surface area contributed by atoms with Crippen molar-refractivity contribution in [3.8, 4) is 0 Å². The fraction of sp³-hybridized carbons (Fsp3) is 1.00. The summed E-state index contributed by atoms with van der Waals surface area (Å²) in [6.45, 7) is 0. The molecule has 0 radical (unpaired) electrons. The molecule has 2 nitrogen and oxygen atoms in total. The zero-order valence-electron chi connectivity index (χ0n) is 5.40. The van der Waals surface area contributed by atoms with Crippen LogP contribution in [0.4, 0.5) is 0 Å². The Morgan fingerprint density at radius 2 is 1.50 bits per heavy atom. The Kier molecular flexibility index (Phi) is 1.86. The highest BCUT2D eigenvalue weighted by molar-refractivity contribution is 4.67. The van der Waals surface area contributed by atoms with Crippen LogP contribution in [0.25, 0.3) is 0 Å². The molecule has 0 aromatic carbocycles. The minimum absolute atomic E-state index is 0.700. The van der Waals surface area contributed by atoms with Gasteiger partial charge in [-0.2, -0.15) is 0 Å². The van der Waals surface area contributed by atoms with Crippen LogP contribution in [0.5, 0.6) is 0 Å². The molecule has 1 aliphatic rings. The van der Waals surface area contributed by atoms with E-state index in [0.29, 0.717) is 12.1 Å². The number of rotatable bonds is 0. The lowest BCUT2D eigenvalue weighted by Gasteiger charge is -2.17. The highest BCUT2D eigenvalue weighted by Crippen LogP contribution is 2.11. The van der Waals surface area contributed by atoms with Crippen LogP contribution in [-0.2, 0) is 0 Å². The molecule has 0 aromatic rings. The SMILES string of the molecule is [NH3+][C@@H]1CCC[C@@H]([NH3+])C1. The third kappa shape index (κ3) is 1.46.